The molecule has 1 N–H and O–H groups in total. The van der Waals surface area contributed by atoms with Gasteiger partial charge in [-0.3, -0.25) is 4.79 Å². The van der Waals surface area contributed by atoms with Gasteiger partial charge in [0, 0.05) is 32.2 Å². The van der Waals surface area contributed by atoms with Gasteiger partial charge in [0.25, 0.3) is 0 Å². The fraction of sp³-hybridized carbons (Fsp3) is 0.929. The van der Waals surface area contributed by atoms with Crippen molar-refractivity contribution in [1.82, 2.24) is 10.2 Å². The van der Waals surface area contributed by atoms with E-state index in [0.717, 1.165) is 45.4 Å². The molecule has 0 aliphatic carbocycles. The van der Waals surface area contributed by atoms with Gasteiger partial charge < -0.3 is 15.0 Å². The second-order valence-corrected chi connectivity index (χ2v) is 5.47. The van der Waals surface area contributed by atoms with E-state index >= 15 is 0 Å². The van der Waals surface area contributed by atoms with Crippen LogP contribution in [0.1, 0.15) is 44.9 Å². The summed E-state index contributed by atoms with van der Waals surface area (Å²) in [5.41, 5.74) is 0. The zero-order valence-electron chi connectivity index (χ0n) is 11.5. The summed E-state index contributed by atoms with van der Waals surface area (Å²) in [5, 5.41) is 3.29. The van der Waals surface area contributed by atoms with Crippen LogP contribution in [0.15, 0.2) is 0 Å². The first-order valence-corrected chi connectivity index (χ1v) is 7.36. The smallest absolute Gasteiger partial charge is 0.222 e. The predicted molar refractivity (Wildman–Crippen MR) is 71.5 cm³/mol. The van der Waals surface area contributed by atoms with E-state index in [0.29, 0.717) is 24.5 Å². The molecule has 1 unspecified atom stereocenters. The van der Waals surface area contributed by atoms with Gasteiger partial charge in [0.1, 0.15) is 0 Å². The average Bonchev–Trinajstić information content (AvgIpc) is 2.46. The van der Waals surface area contributed by atoms with Crippen LogP contribution >= 0.6 is 0 Å². The molecule has 2 aliphatic rings. The van der Waals surface area contributed by atoms with Crippen LogP contribution in [0, 0.1) is 0 Å². The van der Waals surface area contributed by atoms with E-state index in [4.69, 9.17) is 4.74 Å². The number of carbonyl (C=O) groups is 1. The quantitative estimate of drug-likeness (QED) is 0.827. The number of amides is 1. The third kappa shape index (κ3) is 3.95. The standard InChI is InChI=1S/C14H26N2O2/c1-15-12-7-9-16(10-8-12)14(17)6-5-13-4-2-3-11-18-13/h12-13,15H,2-11H2,1H3. The Bertz CT molecular complexity index is 257. The highest BCUT2D eigenvalue weighted by Gasteiger charge is 2.22. The van der Waals surface area contributed by atoms with Crippen molar-refractivity contribution in [2.24, 2.45) is 0 Å². The van der Waals surface area contributed by atoms with Crippen LogP contribution in [0.5, 0.6) is 0 Å². The van der Waals surface area contributed by atoms with Gasteiger partial charge in [-0.15, -0.1) is 0 Å². The number of rotatable bonds is 4. The van der Waals surface area contributed by atoms with Crippen molar-refractivity contribution in [3.63, 3.8) is 0 Å². The molecule has 2 saturated heterocycles. The first kappa shape index (κ1) is 13.8. The summed E-state index contributed by atoms with van der Waals surface area (Å²) in [5.74, 6) is 0.318. The second-order valence-electron chi connectivity index (χ2n) is 5.47. The molecule has 1 atom stereocenters. The Balaban J connectivity index is 1.65. The molecular weight excluding hydrogens is 228 g/mol. The Morgan fingerprint density at radius 2 is 2.06 bits per heavy atom. The van der Waals surface area contributed by atoms with Gasteiger partial charge in [0.05, 0.1) is 6.10 Å². The number of piperidine rings is 1. The SMILES string of the molecule is CNC1CCN(C(=O)CCC2CCCCO2)CC1. The zero-order chi connectivity index (χ0) is 12.8. The lowest BCUT2D eigenvalue weighted by Crippen LogP contribution is -2.44. The third-order valence-electron chi connectivity index (χ3n) is 4.21. The molecule has 0 aromatic rings. The molecule has 18 heavy (non-hydrogen) atoms. The normalized spacial score (nSPS) is 26.3. The molecule has 2 heterocycles. The lowest BCUT2D eigenvalue weighted by molar-refractivity contribution is -0.133. The van der Waals surface area contributed by atoms with E-state index in [1.54, 1.807) is 0 Å². The van der Waals surface area contributed by atoms with E-state index in [1.807, 2.05) is 11.9 Å². The minimum atomic E-state index is 0.318. The molecule has 0 spiro atoms. The topological polar surface area (TPSA) is 41.6 Å². The van der Waals surface area contributed by atoms with Gasteiger partial charge in [0.2, 0.25) is 5.91 Å². The molecule has 104 valence electrons. The minimum absolute atomic E-state index is 0.318. The maximum Gasteiger partial charge on any atom is 0.222 e. The second kappa shape index (κ2) is 7.10. The highest BCUT2D eigenvalue weighted by molar-refractivity contribution is 5.76. The van der Waals surface area contributed by atoms with Gasteiger partial charge in [-0.1, -0.05) is 0 Å². The van der Waals surface area contributed by atoms with E-state index in [-0.39, 0.29) is 0 Å². The first-order chi connectivity index (χ1) is 8.79. The number of ether oxygens (including phenoxy) is 1. The van der Waals surface area contributed by atoms with Gasteiger partial charge in [-0.2, -0.15) is 0 Å². The Morgan fingerprint density at radius 1 is 1.28 bits per heavy atom. The molecule has 0 radical (unpaired) electrons. The zero-order valence-corrected chi connectivity index (χ0v) is 11.5. The van der Waals surface area contributed by atoms with Crippen molar-refractivity contribution in [3.05, 3.63) is 0 Å². The van der Waals surface area contributed by atoms with E-state index < -0.39 is 0 Å². The number of carbonyl (C=O) groups excluding carboxylic acids is 1. The largest absolute Gasteiger partial charge is 0.378 e. The van der Waals surface area contributed by atoms with E-state index in [1.165, 1.54) is 12.8 Å². The number of likely N-dealkylation sites (tertiary alicyclic amines) is 1. The van der Waals surface area contributed by atoms with E-state index in [9.17, 15) is 4.79 Å². The number of hydrogen-bond acceptors (Lipinski definition) is 3. The third-order valence-corrected chi connectivity index (χ3v) is 4.21. The molecule has 2 aliphatic heterocycles. The summed E-state index contributed by atoms with van der Waals surface area (Å²) < 4.78 is 5.67. The van der Waals surface area contributed by atoms with Crippen LogP contribution in [-0.4, -0.2) is 49.7 Å². The molecule has 0 saturated carbocycles. The van der Waals surface area contributed by atoms with Crippen molar-refractivity contribution in [3.8, 4) is 0 Å². The van der Waals surface area contributed by atoms with Gasteiger partial charge in [0.15, 0.2) is 0 Å². The summed E-state index contributed by atoms with van der Waals surface area (Å²) in [6, 6.07) is 0.593. The molecule has 4 heteroatoms. The van der Waals surface area contributed by atoms with Gasteiger partial charge in [-0.25, -0.2) is 0 Å². The highest BCUT2D eigenvalue weighted by Crippen LogP contribution is 2.18. The molecular formula is C14H26N2O2. The lowest BCUT2D eigenvalue weighted by Gasteiger charge is -2.32. The Hall–Kier alpha value is -0.610. The van der Waals surface area contributed by atoms with Crippen molar-refractivity contribution >= 4 is 5.91 Å². The minimum Gasteiger partial charge on any atom is -0.378 e. The summed E-state index contributed by atoms with van der Waals surface area (Å²) in [7, 11) is 2.00. The lowest BCUT2D eigenvalue weighted by atomic mass is 10.0. The van der Waals surface area contributed by atoms with E-state index in [2.05, 4.69) is 5.32 Å². The summed E-state index contributed by atoms with van der Waals surface area (Å²) in [4.78, 5) is 14.1. The molecule has 0 bridgehead atoms. The maximum atomic E-state index is 12.1. The summed E-state index contributed by atoms with van der Waals surface area (Å²) in [6.45, 7) is 2.71. The monoisotopic (exact) mass is 254 g/mol. The molecule has 2 fully saturated rings. The van der Waals surface area contributed by atoms with Crippen LogP contribution in [0.25, 0.3) is 0 Å². The Kier molecular flexibility index (Phi) is 5.45. The van der Waals surface area contributed by atoms with Crippen LogP contribution < -0.4 is 5.32 Å². The summed E-state index contributed by atoms with van der Waals surface area (Å²) >= 11 is 0. The molecule has 4 nitrogen and oxygen atoms in total. The highest BCUT2D eigenvalue weighted by atomic mass is 16.5. The van der Waals surface area contributed by atoms with Crippen molar-refractivity contribution in [1.29, 1.82) is 0 Å². The average molecular weight is 254 g/mol. The van der Waals surface area contributed by atoms with Crippen LogP contribution in [-0.2, 0) is 9.53 Å². The molecule has 2 rings (SSSR count). The van der Waals surface area contributed by atoms with Crippen molar-refractivity contribution in [2.45, 2.75) is 57.1 Å². The van der Waals surface area contributed by atoms with Crippen LogP contribution in [0.3, 0.4) is 0 Å². The Labute approximate surface area is 110 Å². The van der Waals surface area contributed by atoms with Crippen molar-refractivity contribution < 1.29 is 9.53 Å². The fourth-order valence-corrected chi connectivity index (χ4v) is 2.90. The van der Waals surface area contributed by atoms with Gasteiger partial charge in [-0.05, 0) is 45.6 Å². The maximum absolute atomic E-state index is 12.1. The van der Waals surface area contributed by atoms with Gasteiger partial charge >= 0.3 is 0 Å². The Morgan fingerprint density at radius 3 is 2.67 bits per heavy atom. The summed E-state index contributed by atoms with van der Waals surface area (Å²) in [6.07, 6.45) is 7.64. The number of nitrogens with one attached hydrogen (secondary N) is 1. The number of hydrogen-bond donors (Lipinski definition) is 1. The first-order valence-electron chi connectivity index (χ1n) is 7.36. The predicted octanol–water partition coefficient (Wildman–Crippen LogP) is 1.55. The van der Waals surface area contributed by atoms with Crippen LogP contribution in [0.4, 0.5) is 0 Å². The molecule has 0 aromatic carbocycles. The fourth-order valence-electron chi connectivity index (χ4n) is 2.90. The molecule has 1 amide bonds. The van der Waals surface area contributed by atoms with Crippen molar-refractivity contribution in [2.75, 3.05) is 26.7 Å². The molecule has 0 aromatic heterocycles. The van der Waals surface area contributed by atoms with Crippen LogP contribution in [0.2, 0.25) is 0 Å². The number of nitrogens with zero attached hydrogens (tertiary/aromatic N) is 1.